The lowest BCUT2D eigenvalue weighted by Gasteiger charge is -1.73. The van der Waals surface area contributed by atoms with Gasteiger partial charge in [0.15, 0.2) is 5.52 Å². The number of nitrogens with zero attached hydrogens (tertiary/aromatic N) is 5. The lowest BCUT2D eigenvalue weighted by molar-refractivity contribution is 0.314. The molecule has 6 nitrogen and oxygen atoms in total. The Morgan fingerprint density at radius 3 is 3.22 bits per heavy atom. The van der Waals surface area contributed by atoms with Crippen LogP contribution in [-0.4, -0.2) is 25.7 Å². The van der Waals surface area contributed by atoms with E-state index in [1.807, 2.05) is 0 Å². The molecule has 0 saturated heterocycles. The van der Waals surface area contributed by atoms with E-state index in [1.165, 1.54) is 6.20 Å². The Hall–Kier alpha value is -1.59. The zero-order chi connectivity index (χ0) is 6.10. The highest BCUT2D eigenvalue weighted by Crippen LogP contribution is 1.97. The minimum atomic E-state index is 0.380. The second-order valence-corrected chi connectivity index (χ2v) is 1.41. The topological polar surface area (TPSA) is 77.6 Å². The van der Waals surface area contributed by atoms with Crippen molar-refractivity contribution >= 4 is 11.2 Å². The average Bonchev–Trinajstić information content (AvgIpc) is 2.33. The lowest BCUT2D eigenvalue weighted by Crippen LogP contribution is -1.84. The molecule has 0 aliphatic heterocycles. The van der Waals surface area contributed by atoms with Crippen LogP contribution in [0.25, 0.3) is 11.2 Å². The summed E-state index contributed by atoms with van der Waals surface area (Å²) in [5, 5.41) is 17.2. The van der Waals surface area contributed by atoms with Crippen molar-refractivity contribution in [1.29, 1.82) is 0 Å². The first-order chi connectivity index (χ1) is 4.47. The molecule has 0 unspecified atom stereocenters. The zero-order valence-corrected chi connectivity index (χ0v) is 4.22. The quantitative estimate of drug-likeness (QED) is 0.465. The summed E-state index contributed by atoms with van der Waals surface area (Å²) in [5.41, 5.74) is 0.898. The highest BCUT2D eigenvalue weighted by Gasteiger charge is 1.97. The molecule has 2 rings (SSSR count). The first kappa shape index (κ1) is 4.30. The van der Waals surface area contributed by atoms with E-state index in [-0.39, 0.29) is 0 Å². The molecule has 2 heterocycles. The largest absolute Gasteiger partial charge is 0.248 e. The summed E-state index contributed by atoms with van der Waals surface area (Å²) >= 11 is 0. The monoisotopic (exact) mass is 123 g/mol. The van der Waals surface area contributed by atoms with Gasteiger partial charge in [0, 0.05) is 0 Å². The van der Waals surface area contributed by atoms with Gasteiger partial charge in [-0.15, -0.1) is 10.2 Å². The normalized spacial score (nSPS) is 10.2. The molecule has 0 bridgehead atoms. The Morgan fingerprint density at radius 1 is 1.33 bits per heavy atom. The number of hydrogen-bond acceptors (Lipinski definition) is 6. The maximum absolute atomic E-state index is 4.32. The Labute approximate surface area is 48.8 Å². The summed E-state index contributed by atoms with van der Waals surface area (Å²) in [7, 11) is 0. The van der Waals surface area contributed by atoms with E-state index in [1.54, 1.807) is 0 Å². The van der Waals surface area contributed by atoms with Gasteiger partial charge >= 0.3 is 0 Å². The van der Waals surface area contributed by atoms with Crippen molar-refractivity contribution < 1.29 is 4.63 Å². The van der Waals surface area contributed by atoms with Crippen molar-refractivity contribution in [3.63, 3.8) is 0 Å². The predicted molar refractivity (Wildman–Crippen MR) is 25.2 cm³/mol. The van der Waals surface area contributed by atoms with Crippen molar-refractivity contribution in [2.45, 2.75) is 0 Å². The minimum Gasteiger partial charge on any atom is -0.242 e. The molecule has 0 saturated carbocycles. The van der Waals surface area contributed by atoms with Gasteiger partial charge in [-0.1, -0.05) is 0 Å². The number of aromatic nitrogens is 5. The molecular formula is C3HN5O. The summed E-state index contributed by atoms with van der Waals surface area (Å²) < 4.78 is 4.32. The number of fused-ring (bicyclic) bond motifs is 1. The van der Waals surface area contributed by atoms with E-state index in [2.05, 4.69) is 30.4 Å². The summed E-state index contributed by atoms with van der Waals surface area (Å²) in [6.07, 6.45) is 1.43. The smallest absolute Gasteiger partial charge is 0.242 e. The van der Waals surface area contributed by atoms with Gasteiger partial charge < -0.3 is 0 Å². The van der Waals surface area contributed by atoms with Crippen LogP contribution >= 0.6 is 0 Å². The first-order valence-corrected chi connectivity index (χ1v) is 2.23. The Bertz CT molecular complexity index is 286. The van der Waals surface area contributed by atoms with E-state index in [0.29, 0.717) is 11.2 Å². The number of hydrogen-bond donors (Lipinski definition) is 0. The minimum absolute atomic E-state index is 0.380. The highest BCUT2D eigenvalue weighted by molar-refractivity contribution is 5.65. The van der Waals surface area contributed by atoms with E-state index in [0.717, 1.165) is 0 Å². The van der Waals surface area contributed by atoms with Crippen LogP contribution in [0.2, 0.25) is 0 Å². The van der Waals surface area contributed by atoms with Gasteiger partial charge in [0.25, 0.3) is 0 Å². The molecule has 0 atom stereocenters. The van der Waals surface area contributed by atoms with Gasteiger partial charge in [0.1, 0.15) is 0 Å². The lowest BCUT2D eigenvalue weighted by atomic mass is 10.6. The molecule has 0 N–H and O–H groups in total. The fraction of sp³-hybridized carbons (Fsp3) is 0. The summed E-state index contributed by atoms with van der Waals surface area (Å²) in [5.74, 6) is 0. The molecule has 6 heteroatoms. The van der Waals surface area contributed by atoms with E-state index < -0.39 is 0 Å². The van der Waals surface area contributed by atoms with Crippen LogP contribution in [0.1, 0.15) is 0 Å². The van der Waals surface area contributed by atoms with Crippen LogP contribution in [0.15, 0.2) is 10.8 Å². The molecule has 0 aliphatic carbocycles. The maximum atomic E-state index is 4.32. The van der Waals surface area contributed by atoms with Crippen molar-refractivity contribution in [3.8, 4) is 0 Å². The molecule has 0 amide bonds. The molecule has 0 radical (unpaired) electrons. The van der Waals surface area contributed by atoms with Crippen molar-refractivity contribution in [2.75, 3.05) is 0 Å². The molecule has 0 fully saturated rings. The third kappa shape index (κ3) is 0.525. The molecule has 2 aromatic rings. The Morgan fingerprint density at radius 2 is 2.33 bits per heavy atom. The van der Waals surface area contributed by atoms with Crippen LogP contribution in [0, 0.1) is 0 Å². The Kier molecular flexibility index (Phi) is 0.689. The fourth-order valence-corrected chi connectivity index (χ4v) is 0.490. The van der Waals surface area contributed by atoms with Gasteiger partial charge in [0.2, 0.25) is 5.65 Å². The maximum Gasteiger partial charge on any atom is 0.248 e. The molecule has 0 spiro atoms. The Balaban J connectivity index is 2.95. The van der Waals surface area contributed by atoms with E-state index in [9.17, 15) is 0 Å². The van der Waals surface area contributed by atoms with Crippen LogP contribution in [0.4, 0.5) is 0 Å². The second-order valence-electron chi connectivity index (χ2n) is 1.41. The SMILES string of the molecule is c1nnnc2nonc12. The van der Waals surface area contributed by atoms with Crippen LogP contribution in [0.5, 0.6) is 0 Å². The van der Waals surface area contributed by atoms with Crippen molar-refractivity contribution in [3.05, 3.63) is 6.20 Å². The third-order valence-corrected chi connectivity index (χ3v) is 0.867. The molecule has 9 heavy (non-hydrogen) atoms. The second kappa shape index (κ2) is 1.44. The first-order valence-electron chi connectivity index (χ1n) is 2.23. The van der Waals surface area contributed by atoms with Gasteiger partial charge in [-0.3, -0.25) is 0 Å². The third-order valence-electron chi connectivity index (χ3n) is 0.867. The van der Waals surface area contributed by atoms with Gasteiger partial charge in [-0.2, -0.15) is 0 Å². The summed E-state index contributed by atoms with van der Waals surface area (Å²) in [4.78, 5) is 0. The highest BCUT2D eigenvalue weighted by atomic mass is 16.6. The standard InChI is InChI=1S/C3HN5O/c1-2-3(5-8-4-1)7-9-6-2/h1H. The van der Waals surface area contributed by atoms with Crippen LogP contribution in [-0.2, 0) is 0 Å². The summed E-state index contributed by atoms with van der Waals surface area (Å²) in [6.45, 7) is 0. The molecule has 2 aromatic heterocycles. The predicted octanol–water partition coefficient (Wildman–Crippen LogP) is -0.592. The fourth-order valence-electron chi connectivity index (χ4n) is 0.490. The van der Waals surface area contributed by atoms with Crippen molar-refractivity contribution in [2.24, 2.45) is 0 Å². The molecular weight excluding hydrogens is 122 g/mol. The molecule has 0 aliphatic rings. The van der Waals surface area contributed by atoms with Gasteiger partial charge in [-0.05, 0) is 15.5 Å². The van der Waals surface area contributed by atoms with Crippen LogP contribution in [0.3, 0.4) is 0 Å². The summed E-state index contributed by atoms with van der Waals surface area (Å²) in [6, 6.07) is 0. The average molecular weight is 123 g/mol. The van der Waals surface area contributed by atoms with Gasteiger partial charge in [0.05, 0.1) is 6.20 Å². The zero-order valence-electron chi connectivity index (χ0n) is 4.22. The molecule has 0 aromatic carbocycles. The van der Waals surface area contributed by atoms with E-state index in [4.69, 9.17) is 0 Å². The van der Waals surface area contributed by atoms with Crippen LogP contribution < -0.4 is 0 Å². The van der Waals surface area contributed by atoms with E-state index >= 15 is 0 Å². The molecule has 44 valence electrons. The van der Waals surface area contributed by atoms with Crippen molar-refractivity contribution in [1.82, 2.24) is 25.7 Å². The van der Waals surface area contributed by atoms with Gasteiger partial charge in [-0.25, -0.2) is 4.63 Å². The number of rotatable bonds is 0.